The van der Waals surface area contributed by atoms with Gasteiger partial charge in [-0.2, -0.15) is 0 Å². The second-order valence-corrected chi connectivity index (χ2v) is 9.72. The molecule has 0 aliphatic heterocycles. The normalized spacial score (nSPS) is 11.6. The fourth-order valence-corrected chi connectivity index (χ4v) is 4.31. The largest absolute Gasteiger partial charge is 0.423 e. The van der Waals surface area contributed by atoms with Gasteiger partial charge in [-0.3, -0.25) is 4.79 Å². The van der Waals surface area contributed by atoms with Crippen LogP contribution in [0.3, 0.4) is 0 Å². The van der Waals surface area contributed by atoms with E-state index in [1.165, 1.54) is 35.0 Å². The van der Waals surface area contributed by atoms with Gasteiger partial charge >= 0.3 is 5.63 Å². The highest BCUT2D eigenvalue weighted by Gasteiger charge is 2.17. The molecule has 0 atom stereocenters. The maximum atomic E-state index is 12.1. The van der Waals surface area contributed by atoms with Crippen LogP contribution in [0.5, 0.6) is 0 Å². The van der Waals surface area contributed by atoms with Crippen LogP contribution in [-0.4, -0.2) is 20.8 Å². The van der Waals surface area contributed by atoms with E-state index >= 15 is 0 Å². The number of rotatable bonds is 5. The number of carbonyl (C=O) groups excluding carboxylic acids is 1. The lowest BCUT2D eigenvalue weighted by Crippen LogP contribution is -2.13. The molecule has 4 rings (SSSR count). The first-order valence-electron chi connectivity index (χ1n) is 10.4. The summed E-state index contributed by atoms with van der Waals surface area (Å²) in [6.45, 7) is 7.91. The van der Waals surface area contributed by atoms with E-state index < -0.39 is 5.63 Å². The van der Waals surface area contributed by atoms with Gasteiger partial charge in [0.05, 0.1) is 0 Å². The van der Waals surface area contributed by atoms with Crippen LogP contribution in [0.2, 0.25) is 0 Å². The van der Waals surface area contributed by atoms with Gasteiger partial charge in [-0.25, -0.2) is 9.47 Å². The Bertz CT molecular complexity index is 1380. The molecule has 2 heterocycles. The van der Waals surface area contributed by atoms with Crippen LogP contribution < -0.4 is 16.8 Å². The van der Waals surface area contributed by atoms with Crippen molar-refractivity contribution in [2.75, 3.05) is 11.2 Å². The zero-order valence-corrected chi connectivity index (χ0v) is 19.7. The molecule has 0 unspecified atom stereocenters. The molecule has 1 amide bonds. The number of amides is 1. The summed E-state index contributed by atoms with van der Waals surface area (Å²) in [5.41, 5.74) is 3.43. The number of nitrogens with zero attached hydrogens (tertiary/aromatic N) is 3. The monoisotopic (exact) mass is 463 g/mol. The average molecular weight is 464 g/mol. The summed E-state index contributed by atoms with van der Waals surface area (Å²) < 4.78 is 6.78. The number of nitrogen functional groups attached to an aromatic ring is 1. The van der Waals surface area contributed by atoms with Crippen LogP contribution in [0.25, 0.3) is 22.4 Å². The molecule has 0 spiro atoms. The molecule has 0 bridgehead atoms. The van der Waals surface area contributed by atoms with E-state index in [4.69, 9.17) is 10.3 Å². The lowest BCUT2D eigenvalue weighted by atomic mass is 9.87. The molecule has 33 heavy (non-hydrogen) atoms. The van der Waals surface area contributed by atoms with Crippen molar-refractivity contribution in [1.82, 2.24) is 14.9 Å². The Morgan fingerprint density at radius 2 is 1.85 bits per heavy atom. The van der Waals surface area contributed by atoms with E-state index in [-0.39, 0.29) is 11.3 Å². The molecule has 3 N–H and O–H groups in total. The molecule has 4 aromatic rings. The van der Waals surface area contributed by atoms with Gasteiger partial charge in [-0.15, -0.1) is 10.2 Å². The molecular weight excluding hydrogens is 438 g/mol. The lowest BCUT2D eigenvalue weighted by Gasteiger charge is -2.19. The predicted molar refractivity (Wildman–Crippen MR) is 131 cm³/mol. The smallest absolute Gasteiger partial charge is 0.336 e. The van der Waals surface area contributed by atoms with Gasteiger partial charge < -0.3 is 15.6 Å². The van der Waals surface area contributed by atoms with Crippen molar-refractivity contribution in [3.8, 4) is 11.4 Å². The van der Waals surface area contributed by atoms with E-state index in [9.17, 15) is 9.59 Å². The summed E-state index contributed by atoms with van der Waals surface area (Å²) in [4.78, 5) is 23.4. The van der Waals surface area contributed by atoms with Crippen LogP contribution >= 0.6 is 11.8 Å². The topological polar surface area (TPSA) is 116 Å². The third kappa shape index (κ3) is 4.93. The molecule has 0 aliphatic rings. The Labute approximate surface area is 195 Å². The second kappa shape index (κ2) is 8.74. The van der Waals surface area contributed by atoms with Gasteiger partial charge in [0.15, 0.2) is 5.82 Å². The highest BCUT2D eigenvalue weighted by atomic mass is 32.2. The predicted octanol–water partition coefficient (Wildman–Crippen LogP) is 4.31. The van der Waals surface area contributed by atoms with Crippen molar-refractivity contribution in [2.24, 2.45) is 0 Å². The number of nitrogens with one attached hydrogen (secondary N) is 1. The number of thioether (sulfide) groups is 1. The summed E-state index contributed by atoms with van der Waals surface area (Å²) in [6.07, 6.45) is 0. The van der Waals surface area contributed by atoms with Gasteiger partial charge in [-0.05, 0) is 28.7 Å². The van der Waals surface area contributed by atoms with Crippen LogP contribution in [0.15, 0.2) is 62.9 Å². The number of hydrogen-bond donors (Lipinski definition) is 2. The van der Waals surface area contributed by atoms with Crippen molar-refractivity contribution in [1.29, 1.82) is 0 Å². The van der Waals surface area contributed by atoms with E-state index in [1.807, 2.05) is 18.2 Å². The summed E-state index contributed by atoms with van der Waals surface area (Å²) in [7, 11) is 0. The minimum atomic E-state index is -0.466. The minimum absolute atomic E-state index is 0.0595. The van der Waals surface area contributed by atoms with E-state index in [1.54, 1.807) is 12.1 Å². The van der Waals surface area contributed by atoms with Crippen LogP contribution in [0.1, 0.15) is 38.8 Å². The molecule has 8 nitrogen and oxygen atoms in total. The van der Waals surface area contributed by atoms with Gasteiger partial charge in [0, 0.05) is 41.4 Å². The maximum Gasteiger partial charge on any atom is 0.336 e. The second-order valence-electron chi connectivity index (χ2n) is 8.78. The van der Waals surface area contributed by atoms with Crippen LogP contribution in [0.4, 0.5) is 5.69 Å². The fraction of sp³-hybridized carbons (Fsp3) is 0.250. The van der Waals surface area contributed by atoms with Gasteiger partial charge in [0.25, 0.3) is 0 Å². The highest BCUT2D eigenvalue weighted by molar-refractivity contribution is 7.98. The van der Waals surface area contributed by atoms with Crippen molar-refractivity contribution < 1.29 is 9.21 Å². The first-order valence-corrected chi connectivity index (χ1v) is 11.4. The number of aromatic nitrogens is 3. The summed E-state index contributed by atoms with van der Waals surface area (Å²) in [5, 5.41) is 12.5. The molecule has 0 fully saturated rings. The molecule has 170 valence electrons. The number of fused-ring (bicyclic) bond motifs is 1. The molecule has 0 saturated heterocycles. The van der Waals surface area contributed by atoms with Crippen molar-refractivity contribution >= 4 is 34.3 Å². The molecule has 0 saturated carbocycles. The number of benzene rings is 2. The van der Waals surface area contributed by atoms with Gasteiger partial charge in [-0.1, -0.05) is 56.8 Å². The first-order chi connectivity index (χ1) is 15.6. The Kier molecular flexibility index (Phi) is 5.99. The summed E-state index contributed by atoms with van der Waals surface area (Å²) >= 11 is 1.38. The Hall–Kier alpha value is -3.59. The van der Waals surface area contributed by atoms with Crippen molar-refractivity contribution in [2.45, 2.75) is 44.0 Å². The van der Waals surface area contributed by atoms with E-state index in [2.05, 4.69) is 48.4 Å². The third-order valence-corrected chi connectivity index (χ3v) is 6.17. The number of carbonyl (C=O) groups is 1. The zero-order chi connectivity index (χ0) is 23.8. The standard InChI is InChI=1S/C24H25N5O3S/c1-14(30)26-18-9-10-19-16(11-21(31)32-20(19)12-18)13-33-23-28-27-22(29(23)25)15-5-7-17(8-6-15)24(2,3)4/h5-12H,13,25H2,1-4H3,(H,26,30). The van der Waals surface area contributed by atoms with Crippen molar-refractivity contribution in [3.63, 3.8) is 0 Å². The SMILES string of the molecule is CC(=O)Nc1ccc2c(CSc3nnc(-c4ccc(C(C)(C)C)cc4)n3N)cc(=O)oc2c1. The molecule has 0 aliphatic carbocycles. The first kappa shape index (κ1) is 22.6. The summed E-state index contributed by atoms with van der Waals surface area (Å²) in [5.74, 6) is 7.09. The van der Waals surface area contributed by atoms with Crippen LogP contribution in [0, 0.1) is 0 Å². The Morgan fingerprint density at radius 1 is 1.12 bits per heavy atom. The van der Waals surface area contributed by atoms with E-state index in [0.717, 1.165) is 16.5 Å². The molecule has 2 aromatic carbocycles. The zero-order valence-electron chi connectivity index (χ0n) is 18.9. The number of anilines is 1. The molecule has 9 heteroatoms. The molecule has 2 aromatic heterocycles. The number of nitrogens with two attached hydrogens (primary N) is 1. The molecular formula is C24H25N5O3S. The fourth-order valence-electron chi connectivity index (χ4n) is 3.46. The quantitative estimate of drug-likeness (QED) is 0.257. The maximum absolute atomic E-state index is 12.1. The van der Waals surface area contributed by atoms with E-state index in [0.29, 0.717) is 28.0 Å². The third-order valence-electron chi connectivity index (χ3n) is 5.18. The molecule has 0 radical (unpaired) electrons. The average Bonchev–Trinajstić information content (AvgIpc) is 3.11. The van der Waals surface area contributed by atoms with Gasteiger partial charge in [0.2, 0.25) is 11.1 Å². The Morgan fingerprint density at radius 3 is 2.52 bits per heavy atom. The van der Waals surface area contributed by atoms with Crippen LogP contribution in [-0.2, 0) is 16.0 Å². The number of hydrogen-bond acceptors (Lipinski definition) is 7. The Balaban J connectivity index is 1.57. The van der Waals surface area contributed by atoms with Crippen molar-refractivity contribution in [3.05, 3.63) is 70.1 Å². The minimum Gasteiger partial charge on any atom is -0.423 e. The van der Waals surface area contributed by atoms with Gasteiger partial charge in [0.1, 0.15) is 5.58 Å². The summed E-state index contributed by atoms with van der Waals surface area (Å²) in [6, 6.07) is 14.8. The highest BCUT2D eigenvalue weighted by Crippen LogP contribution is 2.29. The lowest BCUT2D eigenvalue weighted by molar-refractivity contribution is -0.114.